The van der Waals surface area contributed by atoms with Crippen molar-refractivity contribution >= 4 is 11.9 Å². The fraction of sp³-hybridized carbons (Fsp3) is 0.769. The third kappa shape index (κ3) is 2.66. The van der Waals surface area contributed by atoms with Gasteiger partial charge in [0.2, 0.25) is 11.9 Å². The van der Waals surface area contributed by atoms with Crippen molar-refractivity contribution in [1.82, 2.24) is 15.0 Å². The Morgan fingerprint density at radius 2 is 1.62 bits per heavy atom. The van der Waals surface area contributed by atoms with E-state index in [1.165, 1.54) is 0 Å². The summed E-state index contributed by atoms with van der Waals surface area (Å²) in [6.07, 6.45) is -0.472. The highest BCUT2D eigenvalue weighted by atomic mass is 16.7. The summed E-state index contributed by atoms with van der Waals surface area (Å²) >= 11 is 0. The molecule has 4 heterocycles. The minimum atomic E-state index is -0.658. The van der Waals surface area contributed by atoms with Crippen LogP contribution in [-0.2, 0) is 9.47 Å². The van der Waals surface area contributed by atoms with Gasteiger partial charge in [-0.15, -0.1) is 0 Å². The Bertz CT molecular complexity index is 527. The fourth-order valence-electron chi connectivity index (χ4n) is 2.37. The maximum atomic E-state index is 6.14. The number of anilines is 2. The molecule has 21 heavy (non-hydrogen) atoms. The van der Waals surface area contributed by atoms with Gasteiger partial charge in [0.1, 0.15) is 12.1 Å². The van der Waals surface area contributed by atoms with Crippen molar-refractivity contribution < 1.29 is 9.47 Å². The minimum Gasteiger partial charge on any atom is -0.350 e. The minimum absolute atomic E-state index is 0.168. The highest BCUT2D eigenvalue weighted by Gasteiger charge is 2.38. The van der Waals surface area contributed by atoms with Crippen LogP contribution in [-0.4, -0.2) is 59.8 Å². The van der Waals surface area contributed by atoms with Gasteiger partial charge in [0, 0.05) is 26.2 Å². The lowest BCUT2D eigenvalue weighted by atomic mass is 10.1. The number of ether oxygens (including phenoxy) is 2. The molecule has 3 aliphatic heterocycles. The molecule has 0 radical (unpaired) electrons. The van der Waals surface area contributed by atoms with Crippen LogP contribution in [0.3, 0.4) is 0 Å². The first-order chi connectivity index (χ1) is 10.0. The zero-order valence-corrected chi connectivity index (χ0v) is 12.3. The van der Waals surface area contributed by atoms with Crippen LogP contribution in [0.5, 0.6) is 0 Å². The first-order valence-corrected chi connectivity index (χ1v) is 7.35. The first kappa shape index (κ1) is 13.2. The molecule has 0 amide bonds. The summed E-state index contributed by atoms with van der Waals surface area (Å²) in [6.45, 7) is 8.17. The molecule has 0 aliphatic carbocycles. The Morgan fingerprint density at radius 1 is 1.05 bits per heavy atom. The molecule has 0 bridgehead atoms. The maximum Gasteiger partial charge on any atom is 0.230 e. The summed E-state index contributed by atoms with van der Waals surface area (Å²) in [4.78, 5) is 17.9. The molecule has 3 saturated heterocycles. The molecule has 114 valence electrons. The summed E-state index contributed by atoms with van der Waals surface area (Å²) < 4.78 is 11.4. The van der Waals surface area contributed by atoms with Crippen LogP contribution in [0.15, 0.2) is 0 Å². The van der Waals surface area contributed by atoms with Gasteiger partial charge in [0.25, 0.3) is 0 Å². The van der Waals surface area contributed by atoms with E-state index in [2.05, 4.69) is 24.8 Å². The normalized spacial score (nSPS) is 30.4. The van der Waals surface area contributed by atoms with E-state index in [0.717, 1.165) is 38.1 Å². The van der Waals surface area contributed by atoms with Crippen LogP contribution in [0.2, 0.25) is 0 Å². The average Bonchev–Trinajstić information content (AvgIpc) is 3.27. The quantitative estimate of drug-likeness (QED) is 0.757. The van der Waals surface area contributed by atoms with Crippen molar-refractivity contribution in [3.05, 3.63) is 5.82 Å². The third-order valence-corrected chi connectivity index (χ3v) is 3.85. The highest BCUT2D eigenvalue weighted by molar-refractivity contribution is 5.46. The fourth-order valence-corrected chi connectivity index (χ4v) is 2.37. The molecule has 8 nitrogen and oxygen atoms in total. The van der Waals surface area contributed by atoms with Gasteiger partial charge in [0.05, 0.1) is 12.5 Å². The lowest BCUT2D eigenvalue weighted by molar-refractivity contribution is -0.280. The number of hydrogen-bond donors (Lipinski definition) is 1. The predicted octanol–water partition coefficient (Wildman–Crippen LogP) is -0.337. The second-order valence-corrected chi connectivity index (χ2v) is 6.17. The predicted molar refractivity (Wildman–Crippen MR) is 76.1 cm³/mol. The van der Waals surface area contributed by atoms with Gasteiger partial charge in [0.15, 0.2) is 5.79 Å². The Hall–Kier alpha value is -1.51. The highest BCUT2D eigenvalue weighted by Crippen LogP contribution is 2.31. The Labute approximate surface area is 123 Å². The maximum absolute atomic E-state index is 6.14. The van der Waals surface area contributed by atoms with Crippen LogP contribution in [0, 0.1) is 0 Å². The van der Waals surface area contributed by atoms with E-state index in [1.54, 1.807) is 0 Å². The largest absolute Gasteiger partial charge is 0.350 e. The van der Waals surface area contributed by atoms with Gasteiger partial charge in [-0.1, -0.05) is 0 Å². The lowest BCUT2D eigenvalue weighted by Crippen LogP contribution is -2.49. The zero-order valence-electron chi connectivity index (χ0n) is 12.3. The average molecular weight is 292 g/mol. The van der Waals surface area contributed by atoms with Crippen LogP contribution in [0.25, 0.3) is 0 Å². The Kier molecular flexibility index (Phi) is 2.82. The molecule has 0 spiro atoms. The van der Waals surface area contributed by atoms with Crippen LogP contribution in [0.1, 0.15) is 25.6 Å². The number of nitrogens with zero attached hydrogens (tertiary/aromatic N) is 5. The van der Waals surface area contributed by atoms with Crippen LogP contribution >= 0.6 is 0 Å². The van der Waals surface area contributed by atoms with E-state index < -0.39 is 12.0 Å². The van der Waals surface area contributed by atoms with Crippen molar-refractivity contribution in [3.63, 3.8) is 0 Å². The van der Waals surface area contributed by atoms with Gasteiger partial charge < -0.3 is 25.0 Å². The summed E-state index contributed by atoms with van der Waals surface area (Å²) in [5, 5.41) is 0. The number of rotatable bonds is 3. The molecule has 3 fully saturated rings. The van der Waals surface area contributed by atoms with E-state index in [1.807, 2.05) is 13.8 Å². The van der Waals surface area contributed by atoms with Crippen molar-refractivity contribution in [3.8, 4) is 0 Å². The lowest BCUT2D eigenvalue weighted by Gasteiger charge is -2.38. The first-order valence-electron chi connectivity index (χ1n) is 7.35. The van der Waals surface area contributed by atoms with Crippen molar-refractivity contribution in [2.75, 3.05) is 42.6 Å². The van der Waals surface area contributed by atoms with E-state index in [0.29, 0.717) is 12.4 Å². The third-order valence-electron chi connectivity index (χ3n) is 3.85. The van der Waals surface area contributed by atoms with Gasteiger partial charge in [-0.2, -0.15) is 15.0 Å². The van der Waals surface area contributed by atoms with Gasteiger partial charge in [-0.05, 0) is 13.8 Å². The van der Waals surface area contributed by atoms with Crippen molar-refractivity contribution in [2.45, 2.75) is 31.8 Å². The standard InChI is InChI=1S/C13H20N6O2/c1-13(2)20-7-8(9(14)21-13)10-15-11(18-3-4-18)17-12(16-10)19-5-6-19/h8-9H,3-7,14H2,1-2H3. The second kappa shape index (κ2) is 4.49. The van der Waals surface area contributed by atoms with Crippen LogP contribution < -0.4 is 15.5 Å². The molecule has 3 aliphatic rings. The molecule has 2 unspecified atom stereocenters. The number of nitrogens with two attached hydrogens (primary N) is 1. The molecule has 0 aromatic carbocycles. The number of aromatic nitrogens is 3. The molecule has 8 heteroatoms. The van der Waals surface area contributed by atoms with E-state index in [9.17, 15) is 0 Å². The van der Waals surface area contributed by atoms with Gasteiger partial charge >= 0.3 is 0 Å². The molecule has 2 atom stereocenters. The zero-order chi connectivity index (χ0) is 14.6. The smallest absolute Gasteiger partial charge is 0.230 e. The van der Waals surface area contributed by atoms with Crippen molar-refractivity contribution in [2.24, 2.45) is 5.73 Å². The molecule has 2 N–H and O–H groups in total. The molecule has 0 saturated carbocycles. The molecular formula is C13H20N6O2. The van der Waals surface area contributed by atoms with Crippen LogP contribution in [0.4, 0.5) is 11.9 Å². The van der Waals surface area contributed by atoms with Crippen molar-refractivity contribution in [1.29, 1.82) is 0 Å². The topological polar surface area (TPSA) is 89.2 Å². The SMILES string of the molecule is CC1(C)OCC(c2nc(N3CC3)nc(N3CC3)n2)C(N)O1. The summed E-state index contributed by atoms with van der Waals surface area (Å²) in [6, 6.07) is 0. The summed E-state index contributed by atoms with van der Waals surface area (Å²) in [5.41, 5.74) is 6.14. The van der Waals surface area contributed by atoms with Gasteiger partial charge in [-0.3, -0.25) is 0 Å². The molecular weight excluding hydrogens is 272 g/mol. The number of hydrogen-bond acceptors (Lipinski definition) is 8. The van der Waals surface area contributed by atoms with Gasteiger partial charge in [-0.25, -0.2) is 0 Å². The van der Waals surface area contributed by atoms with E-state index >= 15 is 0 Å². The van der Waals surface area contributed by atoms with E-state index in [4.69, 9.17) is 15.2 Å². The second-order valence-electron chi connectivity index (χ2n) is 6.17. The summed E-state index contributed by atoms with van der Waals surface area (Å²) in [7, 11) is 0. The Balaban J connectivity index is 1.64. The monoisotopic (exact) mass is 292 g/mol. The Morgan fingerprint density at radius 3 is 2.10 bits per heavy atom. The molecule has 1 aromatic heterocycles. The molecule has 4 rings (SSSR count). The molecule has 1 aromatic rings. The van der Waals surface area contributed by atoms with E-state index in [-0.39, 0.29) is 5.92 Å². The summed E-state index contributed by atoms with van der Waals surface area (Å²) in [5.74, 6) is 1.31.